The molecule has 0 saturated heterocycles. The number of ether oxygens (including phenoxy) is 1. The predicted molar refractivity (Wildman–Crippen MR) is 94.7 cm³/mol. The first-order valence-corrected chi connectivity index (χ1v) is 10.1. The van der Waals surface area contributed by atoms with Crippen LogP contribution in [0.5, 0.6) is 0 Å². The van der Waals surface area contributed by atoms with Gasteiger partial charge in [0.05, 0.1) is 31.1 Å². The second kappa shape index (κ2) is 7.65. The molecule has 1 atom stereocenters. The van der Waals surface area contributed by atoms with Crippen LogP contribution in [0.4, 0.5) is 0 Å². The van der Waals surface area contributed by atoms with Crippen molar-refractivity contribution in [3.05, 3.63) is 0 Å². The lowest BCUT2D eigenvalue weighted by Crippen LogP contribution is -2.57. The Hall–Kier alpha value is -1.10. The summed E-state index contributed by atoms with van der Waals surface area (Å²) in [6.45, 7) is 4.46. The van der Waals surface area contributed by atoms with Crippen LogP contribution in [-0.4, -0.2) is 47.7 Å². The van der Waals surface area contributed by atoms with Crippen LogP contribution in [0.25, 0.3) is 0 Å². The lowest BCUT2D eigenvalue weighted by Gasteiger charge is -2.57. The fourth-order valence-electron chi connectivity index (χ4n) is 6.02. The topological polar surface area (TPSA) is 66.8 Å². The van der Waals surface area contributed by atoms with Gasteiger partial charge in [-0.25, -0.2) is 0 Å². The first-order chi connectivity index (χ1) is 12.0. The standard InChI is InChI=1S/C20H33NO4/c1-3-17(13-22)21(6-5-18(23)25-4-2)19(24)20-10-14-7-15(11-20)9-16(8-14)12-20/h14-17,22H,3-13H2,1-2H3. The minimum atomic E-state index is -0.265. The molecule has 0 spiro atoms. The lowest BCUT2D eigenvalue weighted by molar-refractivity contribution is -0.162. The lowest BCUT2D eigenvalue weighted by atomic mass is 9.49. The number of nitrogens with zero attached hydrogens (tertiary/aromatic N) is 1. The van der Waals surface area contributed by atoms with Gasteiger partial charge in [0.1, 0.15) is 0 Å². The van der Waals surface area contributed by atoms with Crippen LogP contribution >= 0.6 is 0 Å². The van der Waals surface area contributed by atoms with E-state index in [0.29, 0.717) is 37.3 Å². The van der Waals surface area contributed by atoms with Crippen molar-refractivity contribution in [1.29, 1.82) is 0 Å². The highest BCUT2D eigenvalue weighted by Gasteiger charge is 2.56. The molecule has 0 aromatic heterocycles. The second-order valence-electron chi connectivity index (χ2n) is 8.50. The molecule has 0 aromatic carbocycles. The van der Waals surface area contributed by atoms with Gasteiger partial charge in [-0.3, -0.25) is 9.59 Å². The van der Waals surface area contributed by atoms with E-state index in [1.54, 1.807) is 6.92 Å². The largest absolute Gasteiger partial charge is 0.466 e. The summed E-state index contributed by atoms with van der Waals surface area (Å²) in [6.07, 6.45) is 7.84. The fraction of sp³-hybridized carbons (Fsp3) is 0.900. The number of esters is 1. The van der Waals surface area contributed by atoms with Gasteiger partial charge < -0.3 is 14.7 Å². The Kier molecular flexibility index (Phi) is 5.71. The SMILES string of the molecule is CCOC(=O)CCN(C(=O)C12CC3CC(CC(C3)C1)C2)C(CC)CO. The predicted octanol–water partition coefficient (Wildman–Crippen LogP) is 2.76. The molecule has 4 saturated carbocycles. The molecule has 0 aromatic rings. The minimum Gasteiger partial charge on any atom is -0.466 e. The first-order valence-electron chi connectivity index (χ1n) is 10.1. The quantitative estimate of drug-likeness (QED) is 0.683. The monoisotopic (exact) mass is 351 g/mol. The van der Waals surface area contributed by atoms with Crippen molar-refractivity contribution in [2.75, 3.05) is 19.8 Å². The molecule has 4 fully saturated rings. The van der Waals surface area contributed by atoms with E-state index in [2.05, 4.69) is 0 Å². The Morgan fingerprint density at radius 3 is 2.12 bits per heavy atom. The molecule has 5 nitrogen and oxygen atoms in total. The summed E-state index contributed by atoms with van der Waals surface area (Å²) in [6, 6.07) is -0.199. The molecule has 4 aliphatic carbocycles. The molecule has 1 unspecified atom stereocenters. The average molecular weight is 351 g/mol. The van der Waals surface area contributed by atoms with E-state index in [4.69, 9.17) is 4.74 Å². The number of aliphatic hydroxyl groups excluding tert-OH is 1. The second-order valence-corrected chi connectivity index (χ2v) is 8.50. The van der Waals surface area contributed by atoms with Gasteiger partial charge in [-0.15, -0.1) is 0 Å². The van der Waals surface area contributed by atoms with Crippen molar-refractivity contribution in [2.24, 2.45) is 23.2 Å². The zero-order valence-corrected chi connectivity index (χ0v) is 15.7. The minimum absolute atomic E-state index is 0.0442. The Balaban J connectivity index is 1.75. The summed E-state index contributed by atoms with van der Waals surface area (Å²) in [4.78, 5) is 27.2. The molecule has 142 valence electrons. The molecule has 1 N–H and O–H groups in total. The van der Waals surface area contributed by atoms with Gasteiger partial charge in [0.25, 0.3) is 0 Å². The molecular weight excluding hydrogens is 318 g/mol. The van der Waals surface area contributed by atoms with Gasteiger partial charge in [-0.05, 0) is 69.6 Å². The third-order valence-corrected chi connectivity index (χ3v) is 6.74. The van der Waals surface area contributed by atoms with Crippen molar-refractivity contribution >= 4 is 11.9 Å². The number of carbonyl (C=O) groups is 2. The van der Waals surface area contributed by atoms with Gasteiger partial charge in [0, 0.05) is 6.54 Å². The number of hydrogen-bond donors (Lipinski definition) is 1. The molecule has 5 heteroatoms. The Bertz CT molecular complexity index is 465. The van der Waals surface area contributed by atoms with Crippen LogP contribution < -0.4 is 0 Å². The molecule has 4 rings (SSSR count). The van der Waals surface area contributed by atoms with E-state index in [0.717, 1.165) is 19.3 Å². The van der Waals surface area contributed by atoms with E-state index in [-0.39, 0.29) is 36.4 Å². The number of hydrogen-bond acceptors (Lipinski definition) is 4. The maximum Gasteiger partial charge on any atom is 0.307 e. The average Bonchev–Trinajstić information content (AvgIpc) is 2.57. The number of aliphatic hydroxyl groups is 1. The van der Waals surface area contributed by atoms with Crippen LogP contribution in [0, 0.1) is 23.2 Å². The summed E-state index contributed by atoms with van der Waals surface area (Å²) >= 11 is 0. The molecule has 0 heterocycles. The van der Waals surface area contributed by atoms with Crippen molar-refractivity contribution in [3.63, 3.8) is 0 Å². The van der Waals surface area contributed by atoms with E-state index in [1.807, 2.05) is 11.8 Å². The Morgan fingerprint density at radius 1 is 1.12 bits per heavy atom. The first kappa shape index (κ1) is 18.7. The van der Waals surface area contributed by atoms with Crippen LogP contribution in [0.2, 0.25) is 0 Å². The van der Waals surface area contributed by atoms with Gasteiger partial charge in [-0.2, -0.15) is 0 Å². The summed E-state index contributed by atoms with van der Waals surface area (Å²) < 4.78 is 5.03. The number of rotatable bonds is 8. The maximum atomic E-state index is 13.6. The van der Waals surface area contributed by atoms with E-state index in [1.165, 1.54) is 19.3 Å². The zero-order valence-electron chi connectivity index (χ0n) is 15.7. The van der Waals surface area contributed by atoms with Crippen LogP contribution in [0.1, 0.15) is 65.2 Å². The van der Waals surface area contributed by atoms with Gasteiger partial charge in [0.2, 0.25) is 5.91 Å². The molecule has 0 radical (unpaired) electrons. The molecular formula is C20H33NO4. The van der Waals surface area contributed by atoms with Crippen molar-refractivity contribution < 1.29 is 19.4 Å². The third kappa shape index (κ3) is 3.71. The highest BCUT2D eigenvalue weighted by molar-refractivity contribution is 5.84. The number of carbonyl (C=O) groups excluding carboxylic acids is 2. The van der Waals surface area contributed by atoms with Gasteiger partial charge in [0.15, 0.2) is 0 Å². The van der Waals surface area contributed by atoms with Crippen molar-refractivity contribution in [2.45, 2.75) is 71.3 Å². The molecule has 4 aliphatic rings. The zero-order chi connectivity index (χ0) is 18.0. The van der Waals surface area contributed by atoms with E-state index in [9.17, 15) is 14.7 Å². The molecule has 1 amide bonds. The smallest absolute Gasteiger partial charge is 0.307 e. The fourth-order valence-corrected chi connectivity index (χ4v) is 6.02. The third-order valence-electron chi connectivity index (χ3n) is 6.74. The van der Waals surface area contributed by atoms with Gasteiger partial charge >= 0.3 is 5.97 Å². The van der Waals surface area contributed by atoms with Crippen molar-refractivity contribution in [1.82, 2.24) is 4.90 Å². The normalized spacial score (nSPS) is 34.0. The van der Waals surface area contributed by atoms with Crippen LogP contribution in [0.3, 0.4) is 0 Å². The van der Waals surface area contributed by atoms with Crippen LogP contribution in [0.15, 0.2) is 0 Å². The van der Waals surface area contributed by atoms with E-state index < -0.39 is 0 Å². The van der Waals surface area contributed by atoms with E-state index >= 15 is 0 Å². The number of amides is 1. The molecule has 0 aliphatic heterocycles. The van der Waals surface area contributed by atoms with Crippen molar-refractivity contribution in [3.8, 4) is 0 Å². The highest BCUT2D eigenvalue weighted by atomic mass is 16.5. The summed E-state index contributed by atoms with van der Waals surface area (Å²) in [5.74, 6) is 2.04. The highest BCUT2D eigenvalue weighted by Crippen LogP contribution is 2.60. The Labute approximate surface area is 151 Å². The Morgan fingerprint density at radius 2 is 1.68 bits per heavy atom. The summed E-state index contributed by atoms with van der Waals surface area (Å²) in [5.41, 5.74) is -0.230. The summed E-state index contributed by atoms with van der Waals surface area (Å²) in [7, 11) is 0. The maximum absolute atomic E-state index is 13.6. The summed E-state index contributed by atoms with van der Waals surface area (Å²) in [5, 5.41) is 9.79. The molecule has 25 heavy (non-hydrogen) atoms. The van der Waals surface area contributed by atoms with Crippen LogP contribution in [-0.2, 0) is 14.3 Å². The molecule has 4 bridgehead atoms. The van der Waals surface area contributed by atoms with Gasteiger partial charge in [-0.1, -0.05) is 6.92 Å².